The number of nitrogens with zero attached hydrogens (tertiary/aromatic N) is 1. The van der Waals surface area contributed by atoms with Crippen LogP contribution < -0.4 is 9.05 Å². The first kappa shape index (κ1) is 16.9. The Hall–Kier alpha value is -2.55. The molecule has 1 aliphatic heterocycles. The first-order valence-corrected chi connectivity index (χ1v) is 10.1. The van der Waals surface area contributed by atoms with E-state index in [4.69, 9.17) is 9.05 Å². The van der Waals surface area contributed by atoms with E-state index in [1.807, 2.05) is 48.5 Å². The van der Waals surface area contributed by atoms with Gasteiger partial charge in [0.05, 0.1) is 6.04 Å². The topological polar surface area (TPSA) is 38.5 Å². The molecule has 1 aliphatic rings. The first-order valence-electron chi connectivity index (χ1n) is 8.57. The van der Waals surface area contributed by atoms with Gasteiger partial charge in [-0.2, -0.15) is 4.67 Å². The van der Waals surface area contributed by atoms with Crippen LogP contribution in [0.5, 0.6) is 11.5 Å². The zero-order valence-corrected chi connectivity index (χ0v) is 15.4. The molecule has 5 heteroatoms. The molecule has 1 fully saturated rings. The summed E-state index contributed by atoms with van der Waals surface area (Å²) in [5.74, 6) is 1.06. The van der Waals surface area contributed by atoms with Crippen LogP contribution in [0.1, 0.15) is 17.2 Å². The summed E-state index contributed by atoms with van der Waals surface area (Å²) in [5.41, 5.74) is 2.30. The van der Waals surface area contributed by atoms with Gasteiger partial charge in [0.2, 0.25) is 0 Å². The maximum absolute atomic E-state index is 13.7. The summed E-state index contributed by atoms with van der Waals surface area (Å²) in [6.45, 7) is 2.69. The summed E-state index contributed by atoms with van der Waals surface area (Å²) in [5, 5.41) is 0. The Labute approximate surface area is 153 Å². The molecule has 1 saturated heterocycles. The van der Waals surface area contributed by atoms with Gasteiger partial charge in [0.1, 0.15) is 11.5 Å². The number of hydrogen-bond acceptors (Lipinski definition) is 3. The summed E-state index contributed by atoms with van der Waals surface area (Å²) in [6, 6.07) is 26.6. The molecule has 0 aliphatic carbocycles. The van der Waals surface area contributed by atoms with Crippen molar-refractivity contribution in [2.75, 3.05) is 6.54 Å². The Morgan fingerprint density at radius 2 is 1.42 bits per heavy atom. The largest absolute Gasteiger partial charge is 0.516 e. The molecular formula is C21H20NO3P. The SMILES string of the molecule is Cc1cccc(C2CN2P(=O)(Oc2ccccc2)Oc2ccccc2)c1. The molecule has 3 aromatic carbocycles. The van der Waals surface area contributed by atoms with Crippen molar-refractivity contribution in [2.45, 2.75) is 13.0 Å². The van der Waals surface area contributed by atoms with Crippen molar-refractivity contribution >= 4 is 7.75 Å². The lowest BCUT2D eigenvalue weighted by atomic mass is 10.1. The molecule has 3 aromatic rings. The lowest BCUT2D eigenvalue weighted by Gasteiger charge is -2.21. The van der Waals surface area contributed by atoms with Crippen LogP contribution >= 0.6 is 7.75 Å². The average molecular weight is 365 g/mol. The Balaban J connectivity index is 1.62. The van der Waals surface area contributed by atoms with Crippen molar-refractivity contribution in [2.24, 2.45) is 0 Å². The highest BCUT2D eigenvalue weighted by Gasteiger charge is 2.53. The monoisotopic (exact) mass is 365 g/mol. The third kappa shape index (κ3) is 3.67. The molecule has 26 heavy (non-hydrogen) atoms. The number of aryl methyl sites for hydroxylation is 1. The van der Waals surface area contributed by atoms with E-state index < -0.39 is 7.75 Å². The van der Waals surface area contributed by atoms with Gasteiger partial charge in [-0.1, -0.05) is 66.2 Å². The van der Waals surface area contributed by atoms with Crippen molar-refractivity contribution in [3.05, 3.63) is 96.1 Å². The number of rotatable bonds is 6. The molecule has 0 radical (unpaired) electrons. The van der Waals surface area contributed by atoms with Gasteiger partial charge in [-0.15, -0.1) is 0 Å². The van der Waals surface area contributed by atoms with Crippen molar-refractivity contribution < 1.29 is 13.6 Å². The summed E-state index contributed by atoms with van der Waals surface area (Å²) in [6.07, 6.45) is 0. The van der Waals surface area contributed by atoms with E-state index in [2.05, 4.69) is 19.1 Å². The summed E-state index contributed by atoms with van der Waals surface area (Å²) < 4.78 is 27.2. The van der Waals surface area contributed by atoms with Gasteiger partial charge in [0, 0.05) is 6.54 Å². The maximum Gasteiger partial charge on any atom is 0.516 e. The highest BCUT2D eigenvalue weighted by molar-refractivity contribution is 7.52. The molecule has 0 N–H and O–H groups in total. The second-order valence-electron chi connectivity index (χ2n) is 6.33. The van der Waals surface area contributed by atoms with Crippen LogP contribution in [0.3, 0.4) is 0 Å². The van der Waals surface area contributed by atoms with Crippen LogP contribution in [0.15, 0.2) is 84.9 Å². The molecular weight excluding hydrogens is 345 g/mol. The molecule has 0 amide bonds. The maximum atomic E-state index is 13.7. The fourth-order valence-electron chi connectivity index (χ4n) is 2.91. The molecule has 0 saturated carbocycles. The molecule has 0 aromatic heterocycles. The van der Waals surface area contributed by atoms with Gasteiger partial charge in [-0.3, -0.25) is 0 Å². The molecule has 132 valence electrons. The number of para-hydroxylation sites is 2. The van der Waals surface area contributed by atoms with Crippen LogP contribution in [-0.4, -0.2) is 11.2 Å². The van der Waals surface area contributed by atoms with E-state index in [-0.39, 0.29) is 6.04 Å². The average Bonchev–Trinajstić information content (AvgIpc) is 3.45. The predicted octanol–water partition coefficient (Wildman–Crippen LogP) is 5.62. The third-order valence-electron chi connectivity index (χ3n) is 4.26. The summed E-state index contributed by atoms with van der Waals surface area (Å²) in [4.78, 5) is 0. The Bertz CT molecular complexity index is 885. The molecule has 2 atom stereocenters. The fourth-order valence-corrected chi connectivity index (χ4v) is 4.76. The Morgan fingerprint density at radius 1 is 0.846 bits per heavy atom. The Kier molecular flexibility index (Phi) is 4.54. The van der Waals surface area contributed by atoms with Gasteiger partial charge in [0.25, 0.3) is 0 Å². The van der Waals surface area contributed by atoms with Crippen molar-refractivity contribution in [1.29, 1.82) is 0 Å². The van der Waals surface area contributed by atoms with E-state index in [0.717, 1.165) is 5.56 Å². The second kappa shape index (κ2) is 6.99. The van der Waals surface area contributed by atoms with Gasteiger partial charge in [0.15, 0.2) is 0 Å². The molecule has 0 bridgehead atoms. The van der Waals surface area contributed by atoms with Gasteiger partial charge >= 0.3 is 7.75 Å². The molecule has 4 rings (SSSR count). The van der Waals surface area contributed by atoms with Gasteiger partial charge < -0.3 is 9.05 Å². The lowest BCUT2D eigenvalue weighted by molar-refractivity contribution is 0.345. The first-order chi connectivity index (χ1) is 12.6. The molecule has 1 heterocycles. The van der Waals surface area contributed by atoms with E-state index in [0.29, 0.717) is 18.0 Å². The molecule has 4 nitrogen and oxygen atoms in total. The van der Waals surface area contributed by atoms with Crippen LogP contribution in [0, 0.1) is 6.92 Å². The van der Waals surface area contributed by atoms with Gasteiger partial charge in [-0.05, 0) is 36.8 Å². The van der Waals surface area contributed by atoms with Crippen molar-refractivity contribution in [1.82, 2.24) is 4.67 Å². The van der Waals surface area contributed by atoms with E-state index in [9.17, 15) is 4.57 Å². The number of hydrogen-bond donors (Lipinski definition) is 0. The molecule has 2 unspecified atom stereocenters. The zero-order valence-electron chi connectivity index (χ0n) is 14.5. The zero-order chi connectivity index (χ0) is 18.0. The minimum atomic E-state index is -3.53. The van der Waals surface area contributed by atoms with Crippen LogP contribution in [0.2, 0.25) is 0 Å². The number of benzene rings is 3. The van der Waals surface area contributed by atoms with Crippen molar-refractivity contribution in [3.63, 3.8) is 0 Å². The normalized spacial score (nSPS) is 19.0. The predicted molar refractivity (Wildman–Crippen MR) is 102 cm³/mol. The lowest BCUT2D eigenvalue weighted by Crippen LogP contribution is -2.09. The minimum Gasteiger partial charge on any atom is -0.404 e. The second-order valence-corrected chi connectivity index (χ2v) is 8.15. The van der Waals surface area contributed by atoms with E-state index in [1.165, 1.54) is 5.56 Å². The van der Waals surface area contributed by atoms with E-state index in [1.54, 1.807) is 28.9 Å². The summed E-state index contributed by atoms with van der Waals surface area (Å²) >= 11 is 0. The standard InChI is InChI=1S/C21H20NO3P/c1-17-9-8-10-18(15-17)21-16-22(21)26(23,24-19-11-4-2-5-12-19)25-20-13-6-3-7-14-20/h2-15,21H,16H2,1H3. The van der Waals surface area contributed by atoms with E-state index >= 15 is 0 Å². The van der Waals surface area contributed by atoms with Crippen LogP contribution in [0.4, 0.5) is 0 Å². The fraction of sp³-hybridized carbons (Fsp3) is 0.143. The third-order valence-corrected chi connectivity index (χ3v) is 6.21. The van der Waals surface area contributed by atoms with Crippen molar-refractivity contribution in [3.8, 4) is 11.5 Å². The highest BCUT2D eigenvalue weighted by Crippen LogP contribution is 2.62. The highest BCUT2D eigenvalue weighted by atomic mass is 31.2. The molecule has 0 spiro atoms. The minimum absolute atomic E-state index is 0.0353. The van der Waals surface area contributed by atoms with Gasteiger partial charge in [-0.25, -0.2) is 4.57 Å². The van der Waals surface area contributed by atoms with Crippen LogP contribution in [-0.2, 0) is 4.57 Å². The quantitative estimate of drug-likeness (QED) is 0.420. The smallest absolute Gasteiger partial charge is 0.404 e. The summed E-state index contributed by atoms with van der Waals surface area (Å²) in [7, 11) is -3.53. The van der Waals surface area contributed by atoms with Crippen LogP contribution in [0.25, 0.3) is 0 Å². The Morgan fingerprint density at radius 3 is 1.96 bits per heavy atom.